The molecule has 0 aliphatic heterocycles. The quantitative estimate of drug-likeness (QED) is 0.344. The molecule has 0 aliphatic rings. The summed E-state index contributed by atoms with van der Waals surface area (Å²) < 4.78 is 9.94. The third-order valence-electron chi connectivity index (χ3n) is 3.96. The van der Waals surface area contributed by atoms with E-state index in [1.807, 2.05) is 13.8 Å². The van der Waals surface area contributed by atoms with Crippen LogP contribution in [0, 0.1) is 5.92 Å². The highest BCUT2D eigenvalue weighted by atomic mass is 16.5. The second-order valence-electron chi connectivity index (χ2n) is 5.78. The number of methoxy groups -OCH3 is 1. The van der Waals surface area contributed by atoms with Crippen molar-refractivity contribution in [3.63, 3.8) is 0 Å². The van der Waals surface area contributed by atoms with Gasteiger partial charge in [-0.2, -0.15) is 0 Å². The zero-order chi connectivity index (χ0) is 19.0. The van der Waals surface area contributed by atoms with Gasteiger partial charge in [-0.15, -0.1) is 0 Å². The fraction of sp³-hybridized carbons (Fsp3) is 0.529. The van der Waals surface area contributed by atoms with Crippen LogP contribution in [0.3, 0.4) is 0 Å². The maximum atomic E-state index is 12.0. The van der Waals surface area contributed by atoms with Crippen LogP contribution in [-0.2, 0) is 20.7 Å². The molecule has 0 saturated carbocycles. The predicted octanol–water partition coefficient (Wildman–Crippen LogP) is 1.08. The lowest BCUT2D eigenvalue weighted by atomic mass is 10.0. The number of rotatable bonds is 9. The molecule has 0 fully saturated rings. The van der Waals surface area contributed by atoms with E-state index in [0.29, 0.717) is 10.6 Å². The molecule has 1 aromatic carbocycles. The van der Waals surface area contributed by atoms with E-state index in [1.165, 1.54) is 19.2 Å². The van der Waals surface area contributed by atoms with E-state index in [9.17, 15) is 19.9 Å². The molecule has 0 radical (unpaired) electrons. The molecule has 140 valence electrons. The van der Waals surface area contributed by atoms with Gasteiger partial charge >= 0.3 is 5.97 Å². The second-order valence-corrected chi connectivity index (χ2v) is 5.78. The van der Waals surface area contributed by atoms with Gasteiger partial charge in [0.15, 0.2) is 11.5 Å². The number of aromatic hydroxyl groups is 1. The van der Waals surface area contributed by atoms with Crippen molar-refractivity contribution in [2.75, 3.05) is 20.3 Å². The van der Waals surface area contributed by atoms with Crippen LogP contribution in [0.25, 0.3) is 0 Å². The molecule has 2 atom stereocenters. The average molecular weight is 354 g/mol. The van der Waals surface area contributed by atoms with Crippen molar-refractivity contribution in [3.8, 4) is 11.5 Å². The van der Waals surface area contributed by atoms with Crippen molar-refractivity contribution >= 4 is 11.9 Å². The minimum Gasteiger partial charge on any atom is -0.504 e. The number of phenols is 1. The molecular formula is C17H26N2O6. The summed E-state index contributed by atoms with van der Waals surface area (Å²) in [5, 5.41) is 19.8. The van der Waals surface area contributed by atoms with E-state index in [0.717, 1.165) is 6.42 Å². The highest BCUT2D eigenvalue weighted by Crippen LogP contribution is 2.26. The first kappa shape index (κ1) is 20.7. The Labute approximate surface area is 147 Å². The fourth-order valence-electron chi connectivity index (χ4n) is 2.04. The standard InChI is InChI=1S/C17H26N2O6/c1-4-11(2)16(18)17(22)25-8-7-19(23)15(21)10-12-5-6-13(20)14(9-12)24-3/h5-6,9,11,16,20,23H,4,7-8,10,18H2,1-3H3/t11?,16-/m0/s1. The summed E-state index contributed by atoms with van der Waals surface area (Å²) in [7, 11) is 1.40. The first-order valence-electron chi connectivity index (χ1n) is 8.07. The Morgan fingerprint density at radius 3 is 2.64 bits per heavy atom. The number of benzene rings is 1. The molecule has 1 amide bonds. The molecule has 0 spiro atoms. The Balaban J connectivity index is 2.46. The third-order valence-corrected chi connectivity index (χ3v) is 3.96. The van der Waals surface area contributed by atoms with Crippen LogP contribution in [0.1, 0.15) is 25.8 Å². The summed E-state index contributed by atoms with van der Waals surface area (Å²) in [6.07, 6.45) is 0.657. The first-order chi connectivity index (χ1) is 11.8. The molecule has 8 heteroatoms. The fourth-order valence-corrected chi connectivity index (χ4v) is 2.04. The number of phenolic OH excluding ortho intramolecular Hbond substituents is 1. The average Bonchev–Trinajstić information content (AvgIpc) is 2.61. The van der Waals surface area contributed by atoms with Crippen LogP contribution >= 0.6 is 0 Å². The number of amides is 1. The summed E-state index contributed by atoms with van der Waals surface area (Å²) >= 11 is 0. The van der Waals surface area contributed by atoms with Gasteiger partial charge in [0.1, 0.15) is 12.6 Å². The van der Waals surface area contributed by atoms with Crippen molar-refractivity contribution in [3.05, 3.63) is 23.8 Å². The Morgan fingerprint density at radius 1 is 1.36 bits per heavy atom. The molecule has 4 N–H and O–H groups in total. The maximum absolute atomic E-state index is 12.0. The van der Waals surface area contributed by atoms with Gasteiger partial charge in [0.05, 0.1) is 20.1 Å². The highest BCUT2D eigenvalue weighted by molar-refractivity contribution is 5.78. The van der Waals surface area contributed by atoms with E-state index in [1.54, 1.807) is 6.07 Å². The van der Waals surface area contributed by atoms with Gasteiger partial charge in [-0.25, -0.2) is 5.06 Å². The van der Waals surface area contributed by atoms with E-state index in [2.05, 4.69) is 0 Å². The normalized spacial score (nSPS) is 13.0. The van der Waals surface area contributed by atoms with Crippen molar-refractivity contribution < 1.29 is 29.4 Å². The van der Waals surface area contributed by atoms with Gasteiger partial charge in [-0.05, 0) is 23.6 Å². The highest BCUT2D eigenvalue weighted by Gasteiger charge is 2.21. The smallest absolute Gasteiger partial charge is 0.323 e. The van der Waals surface area contributed by atoms with Gasteiger partial charge < -0.3 is 20.3 Å². The SMILES string of the molecule is CCC(C)[C@H](N)C(=O)OCCN(O)C(=O)Cc1ccc(O)c(OC)c1. The largest absolute Gasteiger partial charge is 0.504 e. The Bertz CT molecular complexity index is 593. The lowest BCUT2D eigenvalue weighted by Crippen LogP contribution is -2.39. The van der Waals surface area contributed by atoms with Crippen LogP contribution in [0.5, 0.6) is 11.5 Å². The topological polar surface area (TPSA) is 122 Å². The number of nitrogens with two attached hydrogens (primary N) is 1. The summed E-state index contributed by atoms with van der Waals surface area (Å²) in [6.45, 7) is 3.46. The molecule has 0 heterocycles. The van der Waals surface area contributed by atoms with Gasteiger partial charge in [0.25, 0.3) is 0 Å². The summed E-state index contributed by atoms with van der Waals surface area (Å²) in [4.78, 5) is 23.7. The number of ether oxygens (including phenoxy) is 2. The summed E-state index contributed by atoms with van der Waals surface area (Å²) in [6, 6.07) is 3.74. The number of esters is 1. The molecule has 0 bridgehead atoms. The van der Waals surface area contributed by atoms with Crippen molar-refractivity contribution in [1.29, 1.82) is 0 Å². The number of hydroxylamine groups is 2. The molecule has 0 aliphatic carbocycles. The minimum absolute atomic E-state index is 0.0103. The van der Waals surface area contributed by atoms with E-state index in [4.69, 9.17) is 15.2 Å². The number of hydrogen-bond donors (Lipinski definition) is 3. The van der Waals surface area contributed by atoms with E-state index < -0.39 is 17.9 Å². The summed E-state index contributed by atoms with van der Waals surface area (Å²) in [5.74, 6) is -0.941. The van der Waals surface area contributed by atoms with Crippen LogP contribution in [0.2, 0.25) is 0 Å². The Hall–Kier alpha value is -2.32. The predicted molar refractivity (Wildman–Crippen MR) is 90.3 cm³/mol. The molecule has 8 nitrogen and oxygen atoms in total. The van der Waals surface area contributed by atoms with Crippen LogP contribution in [0.15, 0.2) is 18.2 Å². The summed E-state index contributed by atoms with van der Waals surface area (Å²) in [5.41, 5.74) is 6.30. The lowest BCUT2D eigenvalue weighted by molar-refractivity contribution is -0.170. The minimum atomic E-state index is -0.725. The van der Waals surface area contributed by atoms with Gasteiger partial charge in [-0.3, -0.25) is 14.8 Å². The number of nitrogens with zero attached hydrogens (tertiary/aromatic N) is 1. The maximum Gasteiger partial charge on any atom is 0.323 e. The number of hydrogen-bond acceptors (Lipinski definition) is 7. The number of carbonyl (C=O) groups excluding carboxylic acids is 2. The molecule has 1 unspecified atom stereocenters. The van der Waals surface area contributed by atoms with Gasteiger partial charge in [0.2, 0.25) is 5.91 Å². The monoisotopic (exact) mass is 354 g/mol. The van der Waals surface area contributed by atoms with Gasteiger partial charge in [0, 0.05) is 0 Å². The lowest BCUT2D eigenvalue weighted by Gasteiger charge is -2.19. The van der Waals surface area contributed by atoms with Crippen molar-refractivity contribution in [2.45, 2.75) is 32.7 Å². The zero-order valence-corrected chi connectivity index (χ0v) is 14.8. The molecular weight excluding hydrogens is 328 g/mol. The van der Waals surface area contributed by atoms with Crippen LogP contribution in [0.4, 0.5) is 0 Å². The Morgan fingerprint density at radius 2 is 2.04 bits per heavy atom. The van der Waals surface area contributed by atoms with E-state index >= 15 is 0 Å². The molecule has 25 heavy (non-hydrogen) atoms. The first-order valence-corrected chi connectivity index (χ1v) is 8.07. The zero-order valence-electron chi connectivity index (χ0n) is 14.8. The molecule has 1 aromatic rings. The van der Waals surface area contributed by atoms with E-state index in [-0.39, 0.29) is 37.0 Å². The van der Waals surface area contributed by atoms with Crippen LogP contribution < -0.4 is 10.5 Å². The van der Waals surface area contributed by atoms with Gasteiger partial charge in [-0.1, -0.05) is 26.3 Å². The van der Waals surface area contributed by atoms with Crippen molar-refractivity contribution in [2.24, 2.45) is 11.7 Å². The molecule has 0 aromatic heterocycles. The second kappa shape index (κ2) is 9.85. The number of carbonyl (C=O) groups is 2. The third kappa shape index (κ3) is 6.24. The molecule has 0 saturated heterocycles. The van der Waals surface area contributed by atoms with Crippen LogP contribution in [-0.4, -0.2) is 53.6 Å². The Kier molecular flexibility index (Phi) is 8.17. The van der Waals surface area contributed by atoms with Crippen molar-refractivity contribution in [1.82, 2.24) is 5.06 Å². The molecule has 1 rings (SSSR count).